The van der Waals surface area contributed by atoms with E-state index in [1.807, 2.05) is 0 Å². The Kier molecular flexibility index (Phi) is 14.6. The van der Waals surface area contributed by atoms with Crippen molar-refractivity contribution in [3.05, 3.63) is 12.2 Å². The molecule has 0 unspecified atom stereocenters. The van der Waals surface area contributed by atoms with Crippen molar-refractivity contribution in [3.8, 4) is 0 Å². The Labute approximate surface area is 129 Å². The average molecular weight is 301 g/mol. The molecule has 0 bridgehead atoms. The highest BCUT2D eigenvalue weighted by molar-refractivity contribution is 7.99. The van der Waals surface area contributed by atoms with E-state index in [0.717, 1.165) is 5.75 Å². The summed E-state index contributed by atoms with van der Waals surface area (Å²) < 4.78 is 4.62. The molecule has 2 nitrogen and oxygen atoms in total. The molecule has 0 heterocycles. The fourth-order valence-electron chi connectivity index (χ4n) is 2.09. The maximum atomic E-state index is 11.1. The minimum absolute atomic E-state index is 0.277. The van der Waals surface area contributed by atoms with Crippen LogP contribution < -0.4 is 0 Å². The Bertz CT molecular complexity index is 251. The number of thioether (sulfide) groups is 1. The van der Waals surface area contributed by atoms with Crippen molar-refractivity contribution in [3.63, 3.8) is 0 Å². The van der Waals surface area contributed by atoms with Gasteiger partial charge in [-0.2, -0.15) is 11.8 Å². The zero-order chi connectivity index (χ0) is 15.1. The zero-order valence-electron chi connectivity index (χ0n) is 13.4. The van der Waals surface area contributed by atoms with Gasteiger partial charge in [0.2, 0.25) is 0 Å². The van der Waals surface area contributed by atoms with E-state index in [0.29, 0.717) is 11.3 Å². The van der Waals surface area contributed by atoms with Gasteiger partial charge in [0.15, 0.2) is 0 Å². The molecule has 0 rings (SSSR count). The minimum atomic E-state index is -0.277. The summed E-state index contributed by atoms with van der Waals surface area (Å²) in [7, 11) is 1.40. The summed E-state index contributed by atoms with van der Waals surface area (Å²) in [4.78, 5) is 11.1. The van der Waals surface area contributed by atoms with Crippen molar-refractivity contribution in [1.29, 1.82) is 0 Å². The number of ether oxygens (including phenoxy) is 1. The van der Waals surface area contributed by atoms with E-state index in [1.54, 1.807) is 11.8 Å². The Morgan fingerprint density at radius 3 is 1.95 bits per heavy atom. The highest BCUT2D eigenvalue weighted by atomic mass is 32.2. The van der Waals surface area contributed by atoms with Crippen LogP contribution in [0.5, 0.6) is 0 Å². The smallest absolute Gasteiger partial charge is 0.333 e. The van der Waals surface area contributed by atoms with Crippen LogP contribution in [0.3, 0.4) is 0 Å². The van der Waals surface area contributed by atoms with Crippen LogP contribution in [0.4, 0.5) is 0 Å². The first-order valence-electron chi connectivity index (χ1n) is 8.06. The van der Waals surface area contributed by atoms with Crippen LogP contribution in [-0.4, -0.2) is 24.6 Å². The van der Waals surface area contributed by atoms with Gasteiger partial charge >= 0.3 is 5.97 Å². The molecule has 0 saturated carbocycles. The minimum Gasteiger partial charge on any atom is -0.466 e. The molecule has 0 spiro atoms. The molecule has 0 radical (unpaired) electrons. The second kappa shape index (κ2) is 15.0. The van der Waals surface area contributed by atoms with Crippen molar-refractivity contribution in [1.82, 2.24) is 0 Å². The summed E-state index contributed by atoms with van der Waals surface area (Å²) in [5, 5.41) is 0. The van der Waals surface area contributed by atoms with Gasteiger partial charge in [-0.25, -0.2) is 4.79 Å². The highest BCUT2D eigenvalue weighted by Crippen LogP contribution is 2.14. The molecule has 3 heteroatoms. The van der Waals surface area contributed by atoms with Crippen molar-refractivity contribution >= 4 is 17.7 Å². The Morgan fingerprint density at radius 1 is 0.950 bits per heavy atom. The fraction of sp³-hybridized carbons (Fsp3) is 0.824. The number of hydrogen-bond donors (Lipinski definition) is 0. The van der Waals surface area contributed by atoms with Gasteiger partial charge in [0.25, 0.3) is 0 Å². The Hall–Kier alpha value is -0.440. The summed E-state index contributed by atoms with van der Waals surface area (Å²) in [5.41, 5.74) is 0.574. The second-order valence-corrected chi connectivity index (χ2v) is 6.43. The summed E-state index contributed by atoms with van der Waals surface area (Å²) in [5.74, 6) is 1.54. The first-order chi connectivity index (χ1) is 9.72. The molecule has 0 aromatic carbocycles. The Balaban J connectivity index is 3.13. The molecule has 0 atom stereocenters. The first-order valence-corrected chi connectivity index (χ1v) is 9.21. The summed E-state index contributed by atoms with van der Waals surface area (Å²) in [6.45, 7) is 5.98. The lowest BCUT2D eigenvalue weighted by molar-refractivity contribution is -0.135. The predicted octanol–water partition coefficient (Wildman–Crippen LogP) is 5.37. The van der Waals surface area contributed by atoms with Crippen LogP contribution in [0.25, 0.3) is 0 Å². The van der Waals surface area contributed by atoms with Crippen molar-refractivity contribution in [2.24, 2.45) is 0 Å². The maximum Gasteiger partial charge on any atom is 0.333 e. The van der Waals surface area contributed by atoms with E-state index in [4.69, 9.17) is 0 Å². The summed E-state index contributed by atoms with van der Waals surface area (Å²) in [6, 6.07) is 0. The average Bonchev–Trinajstić information content (AvgIpc) is 2.47. The number of esters is 1. The predicted molar refractivity (Wildman–Crippen MR) is 90.3 cm³/mol. The molecule has 0 aliphatic heterocycles. The first kappa shape index (κ1) is 19.6. The molecule has 0 saturated heterocycles. The second-order valence-electron chi connectivity index (χ2n) is 5.33. The summed E-state index contributed by atoms with van der Waals surface area (Å²) in [6.07, 6.45) is 13.7. The number of carbonyl (C=O) groups is 1. The van der Waals surface area contributed by atoms with Crippen LogP contribution in [0.15, 0.2) is 12.2 Å². The lowest BCUT2D eigenvalue weighted by Crippen LogP contribution is -2.05. The van der Waals surface area contributed by atoms with E-state index in [-0.39, 0.29) is 5.97 Å². The SMILES string of the molecule is C=C(CSCCCCCCCCCCCC)C(=O)OC. The fourth-order valence-corrected chi connectivity index (χ4v) is 3.01. The number of carbonyl (C=O) groups excluding carboxylic acids is 1. The van der Waals surface area contributed by atoms with Gasteiger partial charge in [-0.05, 0) is 12.2 Å². The zero-order valence-corrected chi connectivity index (χ0v) is 14.2. The number of hydrogen-bond acceptors (Lipinski definition) is 3. The van der Waals surface area contributed by atoms with E-state index in [1.165, 1.54) is 71.3 Å². The molecular weight excluding hydrogens is 268 g/mol. The van der Waals surface area contributed by atoms with Gasteiger partial charge in [-0.1, -0.05) is 71.3 Å². The van der Waals surface area contributed by atoms with Crippen molar-refractivity contribution in [2.75, 3.05) is 18.6 Å². The largest absolute Gasteiger partial charge is 0.466 e. The van der Waals surface area contributed by atoms with Crippen LogP contribution in [0, 0.1) is 0 Å². The third-order valence-electron chi connectivity index (χ3n) is 3.39. The standard InChI is InChI=1S/C17H32O2S/c1-4-5-6-7-8-9-10-11-12-13-14-20-15-16(2)17(18)19-3/h2,4-15H2,1,3H3. The molecule has 0 aromatic heterocycles. The number of unbranched alkanes of at least 4 members (excludes halogenated alkanes) is 9. The van der Waals surface area contributed by atoms with Gasteiger partial charge in [-0.3, -0.25) is 0 Å². The highest BCUT2D eigenvalue weighted by Gasteiger charge is 2.05. The summed E-state index contributed by atoms with van der Waals surface area (Å²) >= 11 is 1.78. The topological polar surface area (TPSA) is 26.3 Å². The normalized spacial score (nSPS) is 10.5. The van der Waals surface area contributed by atoms with E-state index < -0.39 is 0 Å². The van der Waals surface area contributed by atoms with Gasteiger partial charge in [0.05, 0.1) is 7.11 Å². The molecule has 0 amide bonds. The molecule has 20 heavy (non-hydrogen) atoms. The molecule has 0 fully saturated rings. The van der Waals surface area contributed by atoms with Crippen molar-refractivity contribution < 1.29 is 9.53 Å². The lowest BCUT2D eigenvalue weighted by atomic mass is 10.1. The monoisotopic (exact) mass is 300 g/mol. The molecule has 0 aliphatic rings. The van der Waals surface area contributed by atoms with Crippen molar-refractivity contribution in [2.45, 2.75) is 71.1 Å². The molecule has 0 aliphatic carbocycles. The molecule has 118 valence electrons. The molecule has 0 N–H and O–H groups in total. The van der Waals surface area contributed by atoms with E-state index in [9.17, 15) is 4.79 Å². The maximum absolute atomic E-state index is 11.1. The molecule has 0 aromatic rings. The van der Waals surface area contributed by atoms with Gasteiger partial charge in [-0.15, -0.1) is 0 Å². The van der Waals surface area contributed by atoms with Gasteiger partial charge in [0, 0.05) is 11.3 Å². The number of rotatable bonds is 14. The number of methoxy groups -OCH3 is 1. The Morgan fingerprint density at radius 2 is 1.45 bits per heavy atom. The van der Waals surface area contributed by atoms with Crippen LogP contribution >= 0.6 is 11.8 Å². The van der Waals surface area contributed by atoms with Crippen LogP contribution in [0.2, 0.25) is 0 Å². The quantitative estimate of drug-likeness (QED) is 0.245. The van der Waals surface area contributed by atoms with E-state index >= 15 is 0 Å². The van der Waals surface area contributed by atoms with Crippen LogP contribution in [-0.2, 0) is 9.53 Å². The third kappa shape index (κ3) is 12.6. The third-order valence-corrected chi connectivity index (χ3v) is 4.52. The lowest BCUT2D eigenvalue weighted by Gasteiger charge is -2.04. The van der Waals surface area contributed by atoms with Gasteiger partial charge < -0.3 is 4.74 Å². The van der Waals surface area contributed by atoms with E-state index in [2.05, 4.69) is 18.2 Å². The molecular formula is C17H32O2S. The van der Waals surface area contributed by atoms with Crippen LogP contribution in [0.1, 0.15) is 71.1 Å². The van der Waals surface area contributed by atoms with Gasteiger partial charge in [0.1, 0.15) is 0 Å².